The standard InChI is InChI=1S/C9H15F2NO4S/c1-17(14,15)4-2-3-12-6-7-5-9(10,11)8(13)16-7/h7,12H,2-6H2,1H3. The Morgan fingerprint density at radius 3 is 2.65 bits per heavy atom. The molecule has 0 aliphatic carbocycles. The van der Waals surface area contributed by atoms with Gasteiger partial charge < -0.3 is 10.1 Å². The number of hydrogen-bond donors (Lipinski definition) is 1. The third-order valence-corrected chi connectivity index (χ3v) is 3.33. The lowest BCUT2D eigenvalue weighted by Crippen LogP contribution is -2.28. The fourth-order valence-electron chi connectivity index (χ4n) is 1.48. The van der Waals surface area contributed by atoms with E-state index in [9.17, 15) is 22.0 Å². The van der Waals surface area contributed by atoms with Crippen LogP contribution in [0.25, 0.3) is 0 Å². The Morgan fingerprint density at radius 2 is 2.18 bits per heavy atom. The summed E-state index contributed by atoms with van der Waals surface area (Å²) in [6.45, 7) is 0.498. The van der Waals surface area contributed by atoms with Crippen LogP contribution in [0.3, 0.4) is 0 Å². The molecule has 1 heterocycles. The van der Waals surface area contributed by atoms with Gasteiger partial charge in [0.15, 0.2) is 0 Å². The van der Waals surface area contributed by atoms with Gasteiger partial charge in [0.1, 0.15) is 15.9 Å². The number of ether oxygens (including phenoxy) is 1. The molecule has 0 aromatic carbocycles. The highest BCUT2D eigenvalue weighted by Crippen LogP contribution is 2.30. The van der Waals surface area contributed by atoms with E-state index in [-0.39, 0.29) is 12.3 Å². The molecule has 1 unspecified atom stereocenters. The number of nitrogens with one attached hydrogen (secondary N) is 1. The Morgan fingerprint density at radius 1 is 1.53 bits per heavy atom. The average Bonchev–Trinajstić information content (AvgIpc) is 2.38. The Labute approximate surface area is 98.4 Å². The molecule has 0 spiro atoms. The van der Waals surface area contributed by atoms with Crippen LogP contribution in [0.15, 0.2) is 0 Å². The first-order valence-corrected chi connectivity index (χ1v) is 7.24. The van der Waals surface area contributed by atoms with Gasteiger partial charge in [-0.1, -0.05) is 0 Å². The van der Waals surface area contributed by atoms with E-state index in [2.05, 4.69) is 10.1 Å². The molecule has 0 saturated carbocycles. The van der Waals surface area contributed by atoms with E-state index >= 15 is 0 Å². The zero-order valence-corrected chi connectivity index (χ0v) is 10.2. The van der Waals surface area contributed by atoms with Crippen molar-refractivity contribution in [3.8, 4) is 0 Å². The Balaban J connectivity index is 2.15. The number of halogens is 2. The third-order valence-electron chi connectivity index (χ3n) is 2.30. The largest absolute Gasteiger partial charge is 0.456 e. The summed E-state index contributed by atoms with van der Waals surface area (Å²) < 4.78 is 51.5. The second-order valence-electron chi connectivity index (χ2n) is 4.12. The zero-order valence-electron chi connectivity index (χ0n) is 9.41. The number of rotatable bonds is 6. The van der Waals surface area contributed by atoms with Gasteiger partial charge in [0.25, 0.3) is 0 Å². The minimum Gasteiger partial charge on any atom is -0.456 e. The van der Waals surface area contributed by atoms with Crippen molar-refractivity contribution in [3.05, 3.63) is 0 Å². The molecule has 1 aliphatic heterocycles. The Hall–Kier alpha value is -0.760. The molecule has 1 rings (SSSR count). The van der Waals surface area contributed by atoms with E-state index < -0.39 is 34.3 Å². The molecule has 0 amide bonds. The van der Waals surface area contributed by atoms with Crippen molar-refractivity contribution in [2.75, 3.05) is 25.1 Å². The predicted molar refractivity (Wildman–Crippen MR) is 56.6 cm³/mol. The van der Waals surface area contributed by atoms with Gasteiger partial charge in [-0.05, 0) is 13.0 Å². The van der Waals surface area contributed by atoms with Gasteiger partial charge in [-0.3, -0.25) is 0 Å². The van der Waals surface area contributed by atoms with Crippen LogP contribution in [0.1, 0.15) is 12.8 Å². The molecule has 8 heteroatoms. The molecule has 5 nitrogen and oxygen atoms in total. The predicted octanol–water partition coefficient (Wildman–Crippen LogP) is -0.0385. The molecule has 17 heavy (non-hydrogen) atoms. The molecule has 1 atom stereocenters. The summed E-state index contributed by atoms with van der Waals surface area (Å²) in [5, 5.41) is 2.78. The number of sulfone groups is 1. The smallest absolute Gasteiger partial charge is 0.377 e. The molecule has 1 aliphatic rings. The first-order chi connectivity index (χ1) is 7.71. The molecule has 1 fully saturated rings. The van der Waals surface area contributed by atoms with Crippen LogP contribution in [0, 0.1) is 0 Å². The lowest BCUT2D eigenvalue weighted by atomic mass is 10.2. The van der Waals surface area contributed by atoms with Gasteiger partial charge in [0.05, 0.1) is 12.2 Å². The van der Waals surface area contributed by atoms with Crippen molar-refractivity contribution in [1.29, 1.82) is 0 Å². The average molecular weight is 271 g/mol. The van der Waals surface area contributed by atoms with Crippen LogP contribution in [0.2, 0.25) is 0 Å². The second kappa shape index (κ2) is 5.26. The highest BCUT2D eigenvalue weighted by Gasteiger charge is 2.50. The topological polar surface area (TPSA) is 72.5 Å². The molecule has 1 N–H and O–H groups in total. The van der Waals surface area contributed by atoms with Gasteiger partial charge in [-0.2, -0.15) is 8.78 Å². The lowest BCUT2D eigenvalue weighted by molar-refractivity contribution is -0.158. The maximum absolute atomic E-state index is 12.7. The molecule has 0 bridgehead atoms. The summed E-state index contributed by atoms with van der Waals surface area (Å²) in [5.41, 5.74) is 0. The van der Waals surface area contributed by atoms with Crippen molar-refractivity contribution in [3.63, 3.8) is 0 Å². The molecule has 0 aromatic heterocycles. The molecule has 0 radical (unpaired) electrons. The van der Waals surface area contributed by atoms with Crippen molar-refractivity contribution >= 4 is 15.8 Å². The van der Waals surface area contributed by atoms with Crippen molar-refractivity contribution < 1.29 is 26.7 Å². The summed E-state index contributed by atoms with van der Waals surface area (Å²) in [7, 11) is -3.00. The first kappa shape index (κ1) is 14.3. The van der Waals surface area contributed by atoms with Crippen LogP contribution in [-0.2, 0) is 19.4 Å². The fraction of sp³-hybridized carbons (Fsp3) is 0.889. The van der Waals surface area contributed by atoms with E-state index in [1.165, 1.54) is 0 Å². The SMILES string of the molecule is CS(=O)(=O)CCCNCC1CC(F)(F)C(=O)O1. The van der Waals surface area contributed by atoms with Gasteiger partial charge >= 0.3 is 11.9 Å². The van der Waals surface area contributed by atoms with Gasteiger partial charge in [0.2, 0.25) is 0 Å². The maximum Gasteiger partial charge on any atom is 0.377 e. The number of hydrogen-bond acceptors (Lipinski definition) is 5. The first-order valence-electron chi connectivity index (χ1n) is 5.18. The number of carbonyl (C=O) groups excluding carboxylic acids is 1. The monoisotopic (exact) mass is 271 g/mol. The molecule has 0 aromatic rings. The number of esters is 1. The molecule has 100 valence electrons. The van der Waals surface area contributed by atoms with Gasteiger partial charge in [-0.25, -0.2) is 13.2 Å². The van der Waals surface area contributed by atoms with E-state index in [1.54, 1.807) is 0 Å². The van der Waals surface area contributed by atoms with E-state index in [0.717, 1.165) is 6.26 Å². The van der Waals surface area contributed by atoms with Crippen LogP contribution < -0.4 is 5.32 Å². The number of alkyl halides is 2. The number of cyclic esters (lactones) is 1. The highest BCUT2D eigenvalue weighted by atomic mass is 32.2. The lowest BCUT2D eigenvalue weighted by Gasteiger charge is -2.09. The minimum absolute atomic E-state index is 0.0423. The fourth-order valence-corrected chi connectivity index (χ4v) is 2.15. The summed E-state index contributed by atoms with van der Waals surface area (Å²) in [6.07, 6.45) is 0.0725. The second-order valence-corrected chi connectivity index (χ2v) is 6.38. The van der Waals surface area contributed by atoms with E-state index in [1.807, 2.05) is 0 Å². The number of carbonyl (C=O) groups is 1. The van der Waals surface area contributed by atoms with Crippen LogP contribution in [-0.4, -0.2) is 51.5 Å². The van der Waals surface area contributed by atoms with Crippen molar-refractivity contribution in [2.24, 2.45) is 0 Å². The molecular weight excluding hydrogens is 256 g/mol. The van der Waals surface area contributed by atoms with Crippen molar-refractivity contribution in [1.82, 2.24) is 5.32 Å². The van der Waals surface area contributed by atoms with E-state index in [0.29, 0.717) is 13.0 Å². The Bertz CT molecular complexity index is 382. The van der Waals surface area contributed by atoms with Crippen LogP contribution >= 0.6 is 0 Å². The summed E-state index contributed by atoms with van der Waals surface area (Å²) in [4.78, 5) is 10.6. The zero-order chi connectivity index (χ0) is 13.1. The summed E-state index contributed by atoms with van der Waals surface area (Å²) >= 11 is 0. The highest BCUT2D eigenvalue weighted by molar-refractivity contribution is 7.90. The molecular formula is C9H15F2NO4S. The van der Waals surface area contributed by atoms with E-state index in [4.69, 9.17) is 0 Å². The normalized spacial score (nSPS) is 23.7. The summed E-state index contributed by atoms with van der Waals surface area (Å²) in [6, 6.07) is 0. The van der Waals surface area contributed by atoms with Crippen LogP contribution in [0.5, 0.6) is 0 Å². The third kappa shape index (κ3) is 4.95. The Kier molecular flexibility index (Phi) is 4.42. The summed E-state index contributed by atoms with van der Waals surface area (Å²) in [5.74, 6) is -4.83. The quantitative estimate of drug-likeness (QED) is 0.542. The minimum atomic E-state index is -3.39. The van der Waals surface area contributed by atoms with Crippen LogP contribution in [0.4, 0.5) is 8.78 Å². The maximum atomic E-state index is 12.7. The van der Waals surface area contributed by atoms with Gasteiger partial charge in [0, 0.05) is 12.8 Å². The van der Waals surface area contributed by atoms with Crippen molar-refractivity contribution in [2.45, 2.75) is 24.9 Å². The van der Waals surface area contributed by atoms with Gasteiger partial charge in [-0.15, -0.1) is 0 Å². The molecule has 1 saturated heterocycles.